The molecule has 0 fully saturated rings. The monoisotopic (exact) mass is 131 g/mol. The summed E-state index contributed by atoms with van der Waals surface area (Å²) in [5.41, 5.74) is 1.93. The van der Waals surface area contributed by atoms with E-state index in [1.54, 1.807) is 0 Å². The summed E-state index contributed by atoms with van der Waals surface area (Å²) in [6.07, 6.45) is 7.96. The van der Waals surface area contributed by atoms with Crippen molar-refractivity contribution in [1.29, 1.82) is 0 Å². The molecule has 0 radical (unpaired) electrons. The molecule has 0 saturated carbocycles. The van der Waals surface area contributed by atoms with Gasteiger partial charge in [-0.2, -0.15) is 0 Å². The Morgan fingerprint density at radius 2 is 2.40 bits per heavy atom. The van der Waals surface area contributed by atoms with Crippen molar-refractivity contribution in [2.75, 3.05) is 0 Å². The van der Waals surface area contributed by atoms with Gasteiger partial charge < -0.3 is 0 Å². The average molecular weight is 131 g/mol. The number of nitrogens with zero attached hydrogens (tertiary/aromatic N) is 1. The second-order valence-corrected chi connectivity index (χ2v) is 2.05. The van der Waals surface area contributed by atoms with E-state index in [2.05, 4.69) is 17.8 Å². The van der Waals surface area contributed by atoms with Crippen LogP contribution in [0.4, 0.5) is 0 Å². The molecule has 0 aliphatic rings. The zero-order valence-corrected chi connectivity index (χ0v) is 5.96. The molecule has 1 nitrogen and oxygen atoms in total. The Labute approximate surface area is 61.1 Å². The molecule has 0 unspecified atom stereocenters. The van der Waals surface area contributed by atoms with Crippen molar-refractivity contribution in [3.63, 3.8) is 0 Å². The maximum Gasteiger partial charge on any atom is 0.112 e. The normalized spacial score (nSPS) is 8.80. The molecule has 1 aromatic rings. The molecule has 0 aromatic carbocycles. The Morgan fingerprint density at radius 3 is 2.80 bits per heavy atom. The summed E-state index contributed by atoms with van der Waals surface area (Å²) in [5, 5.41) is 0. The van der Waals surface area contributed by atoms with Crippen LogP contribution in [-0.4, -0.2) is 4.98 Å². The van der Waals surface area contributed by atoms with Crippen molar-refractivity contribution in [2.45, 2.75) is 13.3 Å². The summed E-state index contributed by atoms with van der Waals surface area (Å²) in [5.74, 6) is 2.47. The highest BCUT2D eigenvalue weighted by molar-refractivity contribution is 5.26. The predicted octanol–water partition coefficient (Wildman–Crippen LogP) is 1.63. The lowest BCUT2D eigenvalue weighted by atomic mass is 10.2. The van der Waals surface area contributed by atoms with Crippen LogP contribution in [0.25, 0.3) is 0 Å². The van der Waals surface area contributed by atoms with Crippen LogP contribution in [0.5, 0.6) is 0 Å². The summed E-state index contributed by atoms with van der Waals surface area (Å²) in [6.45, 7) is 2.09. The molecule has 0 spiro atoms. The fourth-order valence-corrected chi connectivity index (χ4v) is 0.719. The minimum atomic E-state index is 0.706. The van der Waals surface area contributed by atoms with E-state index in [0.717, 1.165) is 6.42 Å². The van der Waals surface area contributed by atoms with Crippen LogP contribution in [0.15, 0.2) is 18.3 Å². The van der Waals surface area contributed by atoms with Crippen LogP contribution >= 0.6 is 0 Å². The maximum absolute atomic E-state index is 5.13. The number of pyridine rings is 1. The van der Waals surface area contributed by atoms with Gasteiger partial charge in [-0.15, -0.1) is 6.42 Å². The molecule has 50 valence electrons. The minimum Gasteiger partial charge on any atom is -0.248 e. The van der Waals surface area contributed by atoms with Gasteiger partial charge in [-0.1, -0.05) is 18.9 Å². The van der Waals surface area contributed by atoms with Gasteiger partial charge >= 0.3 is 0 Å². The molecule has 1 rings (SSSR count). The molecule has 1 heterocycles. The summed E-state index contributed by atoms with van der Waals surface area (Å²) in [4.78, 5) is 4.03. The first-order valence-electron chi connectivity index (χ1n) is 3.28. The second-order valence-electron chi connectivity index (χ2n) is 2.05. The summed E-state index contributed by atoms with van der Waals surface area (Å²) >= 11 is 0. The number of aromatic nitrogens is 1. The van der Waals surface area contributed by atoms with Gasteiger partial charge in [0.1, 0.15) is 5.69 Å². The molecule has 0 N–H and O–H groups in total. The predicted molar refractivity (Wildman–Crippen MR) is 41.6 cm³/mol. The van der Waals surface area contributed by atoms with Crippen LogP contribution in [0.3, 0.4) is 0 Å². The maximum atomic E-state index is 5.13. The standard InChI is InChI=1S/C9H9N/c1-3-8-5-6-9(4-2)10-7-8/h2,5-7H,3H2,1H3. The van der Waals surface area contributed by atoms with Gasteiger partial charge in [0.2, 0.25) is 0 Å². The number of hydrogen-bond donors (Lipinski definition) is 0. The molecule has 0 amide bonds. The van der Waals surface area contributed by atoms with Crippen LogP contribution in [0.1, 0.15) is 18.2 Å². The third-order valence-electron chi connectivity index (χ3n) is 1.38. The molecule has 0 bridgehead atoms. The first kappa shape index (κ1) is 6.82. The van der Waals surface area contributed by atoms with Gasteiger partial charge in [-0.3, -0.25) is 0 Å². The summed E-state index contributed by atoms with van der Waals surface area (Å²) in [7, 11) is 0. The third-order valence-corrected chi connectivity index (χ3v) is 1.38. The fraction of sp³-hybridized carbons (Fsp3) is 0.222. The lowest BCUT2D eigenvalue weighted by Gasteiger charge is -1.93. The number of rotatable bonds is 1. The SMILES string of the molecule is C#Cc1ccc(CC)cn1. The van der Waals surface area contributed by atoms with Crippen LogP contribution in [-0.2, 0) is 6.42 Å². The summed E-state index contributed by atoms with van der Waals surface area (Å²) < 4.78 is 0. The van der Waals surface area contributed by atoms with Crippen molar-refractivity contribution < 1.29 is 0 Å². The Bertz CT molecular complexity index is 240. The molecule has 1 aromatic heterocycles. The molecular formula is C9H9N. The van der Waals surface area contributed by atoms with Crippen molar-refractivity contribution in [3.8, 4) is 12.3 Å². The lowest BCUT2D eigenvalue weighted by Crippen LogP contribution is -1.84. The first-order chi connectivity index (χ1) is 4.86. The Balaban J connectivity index is 2.93. The molecule has 0 atom stereocenters. The van der Waals surface area contributed by atoms with E-state index in [1.807, 2.05) is 18.3 Å². The number of terminal acetylenes is 1. The Kier molecular flexibility index (Phi) is 2.07. The fourth-order valence-electron chi connectivity index (χ4n) is 0.719. The molecule has 0 aliphatic heterocycles. The van der Waals surface area contributed by atoms with Gasteiger partial charge in [-0.05, 0) is 18.1 Å². The summed E-state index contributed by atoms with van der Waals surface area (Å²) in [6, 6.07) is 3.86. The molecular weight excluding hydrogens is 122 g/mol. The van der Waals surface area contributed by atoms with E-state index < -0.39 is 0 Å². The first-order valence-corrected chi connectivity index (χ1v) is 3.28. The largest absolute Gasteiger partial charge is 0.248 e. The number of hydrogen-bond acceptors (Lipinski definition) is 1. The van der Waals surface area contributed by atoms with Crippen LogP contribution in [0.2, 0.25) is 0 Å². The van der Waals surface area contributed by atoms with Crippen molar-refractivity contribution >= 4 is 0 Å². The van der Waals surface area contributed by atoms with Gasteiger partial charge in [0.25, 0.3) is 0 Å². The van der Waals surface area contributed by atoms with Gasteiger partial charge in [0.05, 0.1) is 0 Å². The highest BCUT2D eigenvalue weighted by Gasteiger charge is 1.88. The van der Waals surface area contributed by atoms with Crippen LogP contribution in [0, 0.1) is 12.3 Å². The quantitative estimate of drug-likeness (QED) is 0.528. The lowest BCUT2D eigenvalue weighted by molar-refractivity contribution is 1.10. The highest BCUT2D eigenvalue weighted by atomic mass is 14.7. The molecule has 1 heteroatoms. The van der Waals surface area contributed by atoms with E-state index >= 15 is 0 Å². The van der Waals surface area contributed by atoms with Gasteiger partial charge in [0, 0.05) is 6.20 Å². The zero-order chi connectivity index (χ0) is 7.40. The van der Waals surface area contributed by atoms with Gasteiger partial charge in [-0.25, -0.2) is 4.98 Å². The van der Waals surface area contributed by atoms with E-state index in [1.165, 1.54) is 5.56 Å². The van der Waals surface area contributed by atoms with Crippen molar-refractivity contribution in [3.05, 3.63) is 29.6 Å². The van der Waals surface area contributed by atoms with Gasteiger partial charge in [0.15, 0.2) is 0 Å². The van der Waals surface area contributed by atoms with Crippen LogP contribution < -0.4 is 0 Å². The van der Waals surface area contributed by atoms with Crippen molar-refractivity contribution in [1.82, 2.24) is 4.98 Å². The van der Waals surface area contributed by atoms with E-state index in [9.17, 15) is 0 Å². The topological polar surface area (TPSA) is 12.9 Å². The zero-order valence-electron chi connectivity index (χ0n) is 5.96. The Morgan fingerprint density at radius 1 is 1.60 bits per heavy atom. The van der Waals surface area contributed by atoms with E-state index in [-0.39, 0.29) is 0 Å². The number of aryl methyl sites for hydroxylation is 1. The smallest absolute Gasteiger partial charge is 0.112 e. The van der Waals surface area contributed by atoms with E-state index in [0.29, 0.717) is 5.69 Å². The van der Waals surface area contributed by atoms with Crippen molar-refractivity contribution in [2.24, 2.45) is 0 Å². The average Bonchev–Trinajstić information content (AvgIpc) is 2.05. The third kappa shape index (κ3) is 1.35. The molecule has 10 heavy (non-hydrogen) atoms. The molecule has 0 saturated heterocycles. The molecule has 0 aliphatic carbocycles. The Hall–Kier alpha value is -1.29. The van der Waals surface area contributed by atoms with E-state index in [4.69, 9.17) is 6.42 Å². The minimum absolute atomic E-state index is 0.706. The second kappa shape index (κ2) is 3.03. The highest BCUT2D eigenvalue weighted by Crippen LogP contribution is 1.98.